The molecule has 0 radical (unpaired) electrons. The molecule has 0 heterocycles. The van der Waals surface area contributed by atoms with E-state index in [-0.39, 0.29) is 12.5 Å². The molecule has 0 saturated heterocycles. The molecule has 0 unspecified atom stereocenters. The largest absolute Gasteiger partial charge is 0.348 e. The minimum Gasteiger partial charge on any atom is -0.348 e. The molecule has 1 amide bonds. The van der Waals surface area contributed by atoms with E-state index in [1.165, 1.54) is 6.07 Å². The highest BCUT2D eigenvalue weighted by molar-refractivity contribution is 9.10. The summed E-state index contributed by atoms with van der Waals surface area (Å²) >= 11 is 3.36. The molecule has 0 aliphatic heterocycles. The maximum absolute atomic E-state index is 13.0. The molecule has 2 rings (SSSR count). The van der Waals surface area contributed by atoms with E-state index in [9.17, 15) is 13.6 Å². The van der Waals surface area contributed by atoms with Crippen LogP contribution in [0.25, 0.3) is 0 Å². The van der Waals surface area contributed by atoms with Crippen molar-refractivity contribution in [2.45, 2.75) is 13.5 Å². The van der Waals surface area contributed by atoms with Gasteiger partial charge >= 0.3 is 0 Å². The second-order valence-electron chi connectivity index (χ2n) is 4.40. The van der Waals surface area contributed by atoms with Gasteiger partial charge in [0.15, 0.2) is 11.6 Å². The molecule has 5 heteroatoms. The number of hydrogen-bond acceptors (Lipinski definition) is 1. The van der Waals surface area contributed by atoms with Gasteiger partial charge in [-0.1, -0.05) is 22.0 Å². The standard InChI is InChI=1S/C15H12BrF2NO/c1-9-6-11(3-4-12(9)16)15(20)19-8-10-2-5-13(17)14(18)7-10/h2-7H,8H2,1H3,(H,19,20). The van der Waals surface area contributed by atoms with Crippen LogP contribution in [0.4, 0.5) is 8.78 Å². The van der Waals surface area contributed by atoms with Gasteiger partial charge in [0.25, 0.3) is 5.91 Å². The first-order chi connectivity index (χ1) is 9.47. The summed E-state index contributed by atoms with van der Waals surface area (Å²) in [6.45, 7) is 2.03. The molecule has 0 aliphatic carbocycles. The summed E-state index contributed by atoms with van der Waals surface area (Å²) in [4.78, 5) is 11.9. The molecule has 0 fully saturated rings. The van der Waals surface area contributed by atoms with E-state index < -0.39 is 11.6 Å². The van der Waals surface area contributed by atoms with Crippen LogP contribution in [0.5, 0.6) is 0 Å². The van der Waals surface area contributed by atoms with Gasteiger partial charge in [-0.15, -0.1) is 0 Å². The number of benzene rings is 2. The molecule has 0 saturated carbocycles. The van der Waals surface area contributed by atoms with Crippen molar-refractivity contribution in [1.82, 2.24) is 5.32 Å². The van der Waals surface area contributed by atoms with Crippen molar-refractivity contribution in [3.05, 3.63) is 69.2 Å². The predicted octanol–water partition coefficient (Wildman–Crippen LogP) is 3.97. The van der Waals surface area contributed by atoms with Crippen molar-refractivity contribution in [2.75, 3.05) is 0 Å². The first-order valence-corrected chi connectivity index (χ1v) is 6.75. The fraction of sp³-hybridized carbons (Fsp3) is 0.133. The van der Waals surface area contributed by atoms with Crippen molar-refractivity contribution in [3.8, 4) is 0 Å². The lowest BCUT2D eigenvalue weighted by Crippen LogP contribution is -2.22. The summed E-state index contributed by atoms with van der Waals surface area (Å²) < 4.78 is 26.7. The van der Waals surface area contributed by atoms with Gasteiger partial charge in [0.05, 0.1) is 0 Å². The zero-order valence-corrected chi connectivity index (χ0v) is 12.3. The highest BCUT2D eigenvalue weighted by atomic mass is 79.9. The third-order valence-corrected chi connectivity index (χ3v) is 3.75. The van der Waals surface area contributed by atoms with Gasteiger partial charge in [-0.3, -0.25) is 4.79 Å². The van der Waals surface area contributed by atoms with Gasteiger partial charge in [0.1, 0.15) is 0 Å². The number of carbonyl (C=O) groups is 1. The molecule has 2 nitrogen and oxygen atoms in total. The second kappa shape index (κ2) is 6.13. The average molecular weight is 340 g/mol. The monoisotopic (exact) mass is 339 g/mol. The Balaban J connectivity index is 2.04. The number of hydrogen-bond donors (Lipinski definition) is 1. The van der Waals surface area contributed by atoms with E-state index in [1.54, 1.807) is 18.2 Å². The SMILES string of the molecule is Cc1cc(C(=O)NCc2ccc(F)c(F)c2)ccc1Br. The lowest BCUT2D eigenvalue weighted by Gasteiger charge is -2.07. The molecule has 0 aromatic heterocycles. The zero-order valence-electron chi connectivity index (χ0n) is 10.7. The van der Waals surface area contributed by atoms with Crippen LogP contribution in [-0.2, 0) is 6.54 Å². The number of rotatable bonds is 3. The summed E-state index contributed by atoms with van der Waals surface area (Å²) in [5, 5.41) is 2.67. The second-order valence-corrected chi connectivity index (χ2v) is 5.25. The molecule has 2 aromatic carbocycles. The lowest BCUT2D eigenvalue weighted by atomic mass is 10.1. The molecule has 1 N–H and O–H groups in total. The molecule has 0 aliphatic rings. The Morgan fingerprint density at radius 1 is 1.15 bits per heavy atom. The lowest BCUT2D eigenvalue weighted by molar-refractivity contribution is 0.0950. The van der Waals surface area contributed by atoms with Crippen molar-refractivity contribution < 1.29 is 13.6 Å². The van der Waals surface area contributed by atoms with Gasteiger partial charge in [0.2, 0.25) is 0 Å². The van der Waals surface area contributed by atoms with Crippen LogP contribution < -0.4 is 5.32 Å². The van der Waals surface area contributed by atoms with Crippen LogP contribution in [0.2, 0.25) is 0 Å². The van der Waals surface area contributed by atoms with Crippen LogP contribution in [0.1, 0.15) is 21.5 Å². The molecular formula is C15H12BrF2NO. The van der Waals surface area contributed by atoms with E-state index in [4.69, 9.17) is 0 Å². The minimum absolute atomic E-state index is 0.144. The Kier molecular flexibility index (Phi) is 4.49. The first-order valence-electron chi connectivity index (χ1n) is 5.95. The molecule has 2 aromatic rings. The van der Waals surface area contributed by atoms with Gasteiger partial charge in [-0.05, 0) is 48.4 Å². The number of aryl methyl sites for hydroxylation is 1. The Morgan fingerprint density at radius 2 is 1.90 bits per heavy atom. The van der Waals surface area contributed by atoms with Gasteiger partial charge in [-0.2, -0.15) is 0 Å². The number of amides is 1. The van der Waals surface area contributed by atoms with Crippen molar-refractivity contribution in [2.24, 2.45) is 0 Å². The number of carbonyl (C=O) groups excluding carboxylic acids is 1. The van der Waals surface area contributed by atoms with Crippen molar-refractivity contribution in [1.29, 1.82) is 0 Å². The van der Waals surface area contributed by atoms with Gasteiger partial charge in [0, 0.05) is 16.6 Å². The first kappa shape index (κ1) is 14.7. The Morgan fingerprint density at radius 3 is 2.55 bits per heavy atom. The fourth-order valence-corrected chi connectivity index (χ4v) is 1.97. The normalized spacial score (nSPS) is 10.4. The minimum atomic E-state index is -0.920. The quantitative estimate of drug-likeness (QED) is 0.900. The predicted molar refractivity (Wildman–Crippen MR) is 76.4 cm³/mol. The zero-order chi connectivity index (χ0) is 14.7. The maximum Gasteiger partial charge on any atom is 0.251 e. The molecule has 0 atom stereocenters. The number of halogens is 3. The molecule has 20 heavy (non-hydrogen) atoms. The third-order valence-electron chi connectivity index (χ3n) is 2.86. The molecule has 0 spiro atoms. The highest BCUT2D eigenvalue weighted by Crippen LogP contribution is 2.17. The van der Waals surface area contributed by atoms with E-state index in [0.29, 0.717) is 11.1 Å². The van der Waals surface area contributed by atoms with Crippen molar-refractivity contribution >= 4 is 21.8 Å². The van der Waals surface area contributed by atoms with E-state index >= 15 is 0 Å². The van der Waals surface area contributed by atoms with Crippen molar-refractivity contribution in [3.63, 3.8) is 0 Å². The molecule has 104 valence electrons. The molecular weight excluding hydrogens is 328 g/mol. The van der Waals surface area contributed by atoms with Gasteiger partial charge < -0.3 is 5.32 Å². The summed E-state index contributed by atoms with van der Waals surface area (Å²) in [6.07, 6.45) is 0. The Labute approximate surface area is 123 Å². The van der Waals surface area contributed by atoms with Crippen LogP contribution in [-0.4, -0.2) is 5.91 Å². The number of nitrogens with one attached hydrogen (secondary N) is 1. The smallest absolute Gasteiger partial charge is 0.251 e. The van der Waals surface area contributed by atoms with E-state index in [0.717, 1.165) is 22.2 Å². The van der Waals surface area contributed by atoms with Crippen LogP contribution in [0.15, 0.2) is 40.9 Å². The third kappa shape index (κ3) is 3.42. The van der Waals surface area contributed by atoms with Crippen LogP contribution >= 0.6 is 15.9 Å². The summed E-state index contributed by atoms with van der Waals surface area (Å²) in [5.41, 5.74) is 1.98. The highest BCUT2D eigenvalue weighted by Gasteiger charge is 2.08. The maximum atomic E-state index is 13.0. The average Bonchev–Trinajstić information content (AvgIpc) is 2.43. The van der Waals surface area contributed by atoms with Crippen LogP contribution in [0.3, 0.4) is 0 Å². The van der Waals surface area contributed by atoms with E-state index in [1.807, 2.05) is 6.92 Å². The fourth-order valence-electron chi connectivity index (χ4n) is 1.72. The summed E-state index contributed by atoms with van der Waals surface area (Å²) in [7, 11) is 0. The Hall–Kier alpha value is -1.75. The topological polar surface area (TPSA) is 29.1 Å². The molecule has 0 bridgehead atoms. The van der Waals surface area contributed by atoms with Crippen LogP contribution in [0, 0.1) is 18.6 Å². The Bertz CT molecular complexity index is 658. The van der Waals surface area contributed by atoms with Gasteiger partial charge in [-0.25, -0.2) is 8.78 Å². The summed E-state index contributed by atoms with van der Waals surface area (Å²) in [5.74, 6) is -2.08. The summed E-state index contributed by atoms with van der Waals surface area (Å²) in [6, 6.07) is 8.79. The van der Waals surface area contributed by atoms with E-state index in [2.05, 4.69) is 21.2 Å².